The summed E-state index contributed by atoms with van der Waals surface area (Å²) in [6, 6.07) is 16.7. The third-order valence-electron chi connectivity index (χ3n) is 7.34. The minimum Gasteiger partial charge on any atom is -0.335 e. The number of thiophene rings is 1. The maximum absolute atomic E-state index is 12.5. The lowest BCUT2D eigenvalue weighted by Crippen LogP contribution is -2.28. The van der Waals surface area contributed by atoms with Gasteiger partial charge in [0.2, 0.25) is 5.91 Å². The van der Waals surface area contributed by atoms with Gasteiger partial charge < -0.3 is 10.3 Å². The molecule has 0 bridgehead atoms. The van der Waals surface area contributed by atoms with Gasteiger partial charge in [-0.15, -0.1) is 11.3 Å². The van der Waals surface area contributed by atoms with E-state index in [-0.39, 0.29) is 11.8 Å². The van der Waals surface area contributed by atoms with E-state index in [1.165, 1.54) is 4.88 Å². The van der Waals surface area contributed by atoms with E-state index in [0.717, 1.165) is 79.7 Å². The number of aromatic amines is 2. The van der Waals surface area contributed by atoms with Crippen molar-refractivity contribution >= 4 is 44.9 Å². The number of fused-ring (bicyclic) bond motifs is 2. The van der Waals surface area contributed by atoms with Gasteiger partial charge in [-0.25, -0.2) is 4.98 Å². The quantitative estimate of drug-likeness (QED) is 0.224. The molecule has 0 saturated heterocycles. The molecule has 8 heteroatoms. The molecule has 0 aliphatic heterocycles. The summed E-state index contributed by atoms with van der Waals surface area (Å²) in [5.41, 5.74) is 8.50. The largest absolute Gasteiger partial charge is 0.335 e. The van der Waals surface area contributed by atoms with Gasteiger partial charge in [0.25, 0.3) is 0 Å². The highest BCUT2D eigenvalue weighted by atomic mass is 32.1. The number of carbonyl (C=O) groups is 1. The van der Waals surface area contributed by atoms with E-state index >= 15 is 0 Å². The molecule has 0 atom stereocenters. The van der Waals surface area contributed by atoms with Crippen LogP contribution in [0.2, 0.25) is 0 Å². The Kier molecular flexibility index (Phi) is 5.37. The molecule has 0 unspecified atom stereocenters. The van der Waals surface area contributed by atoms with Crippen LogP contribution in [0.3, 0.4) is 0 Å². The number of amides is 1. The van der Waals surface area contributed by atoms with Crippen LogP contribution in [0.5, 0.6) is 0 Å². The number of imidazole rings is 1. The first-order valence-electron chi connectivity index (χ1n) is 12.8. The Balaban J connectivity index is 1.28. The molecule has 4 heterocycles. The molecular formula is C30H26N6OS. The predicted octanol–water partition coefficient (Wildman–Crippen LogP) is 7.25. The van der Waals surface area contributed by atoms with E-state index in [2.05, 4.69) is 69.7 Å². The van der Waals surface area contributed by atoms with Crippen molar-refractivity contribution < 1.29 is 4.79 Å². The Bertz CT molecular complexity index is 1840. The number of aryl methyl sites for hydroxylation is 2. The summed E-state index contributed by atoms with van der Waals surface area (Å²) in [5.74, 6) is 0.965. The average molecular weight is 519 g/mol. The molecular weight excluding hydrogens is 492 g/mol. The molecule has 6 aromatic rings. The van der Waals surface area contributed by atoms with Crippen molar-refractivity contribution in [3.05, 3.63) is 71.4 Å². The third kappa shape index (κ3) is 3.97. The maximum Gasteiger partial charge on any atom is 0.227 e. The number of rotatable bonds is 5. The summed E-state index contributed by atoms with van der Waals surface area (Å²) >= 11 is 1.73. The van der Waals surface area contributed by atoms with E-state index in [1.807, 2.05) is 30.6 Å². The topological polar surface area (TPSA) is 99.3 Å². The summed E-state index contributed by atoms with van der Waals surface area (Å²) in [5, 5.41) is 11.9. The second-order valence-electron chi connectivity index (χ2n) is 10.1. The van der Waals surface area contributed by atoms with Crippen LogP contribution in [-0.2, 0) is 4.79 Å². The highest BCUT2D eigenvalue weighted by Gasteiger charge is 2.25. The second kappa shape index (κ2) is 8.92. The lowest BCUT2D eigenvalue weighted by molar-refractivity contribution is -0.122. The van der Waals surface area contributed by atoms with Gasteiger partial charge in [-0.05, 0) is 79.8 Å². The van der Waals surface area contributed by atoms with Crippen LogP contribution >= 0.6 is 11.3 Å². The molecule has 0 spiro atoms. The van der Waals surface area contributed by atoms with E-state index in [4.69, 9.17) is 4.98 Å². The summed E-state index contributed by atoms with van der Waals surface area (Å²) in [6.07, 6.45) is 6.79. The number of H-pyrrole nitrogens is 2. The Morgan fingerprint density at radius 3 is 2.68 bits per heavy atom. The van der Waals surface area contributed by atoms with Crippen LogP contribution in [0.1, 0.15) is 29.7 Å². The van der Waals surface area contributed by atoms with Crippen molar-refractivity contribution in [2.45, 2.75) is 33.1 Å². The number of pyridine rings is 1. The van der Waals surface area contributed by atoms with Crippen LogP contribution in [0, 0.1) is 19.8 Å². The first kappa shape index (κ1) is 22.9. The van der Waals surface area contributed by atoms with Crippen LogP contribution < -0.4 is 5.32 Å². The number of anilines is 1. The summed E-state index contributed by atoms with van der Waals surface area (Å²) < 4.78 is 0. The smallest absolute Gasteiger partial charge is 0.227 e. The lowest BCUT2D eigenvalue weighted by atomic mass is 9.85. The van der Waals surface area contributed by atoms with Crippen molar-refractivity contribution in [3.8, 4) is 33.1 Å². The molecule has 7 nitrogen and oxygen atoms in total. The molecule has 38 heavy (non-hydrogen) atoms. The van der Waals surface area contributed by atoms with Crippen molar-refractivity contribution in [3.63, 3.8) is 0 Å². The zero-order valence-electron chi connectivity index (χ0n) is 21.1. The molecule has 3 N–H and O–H groups in total. The van der Waals surface area contributed by atoms with Gasteiger partial charge in [-0.1, -0.05) is 18.6 Å². The Morgan fingerprint density at radius 2 is 1.89 bits per heavy atom. The van der Waals surface area contributed by atoms with Gasteiger partial charge in [-0.3, -0.25) is 14.9 Å². The predicted molar refractivity (Wildman–Crippen MR) is 153 cm³/mol. The van der Waals surface area contributed by atoms with E-state index < -0.39 is 0 Å². The molecule has 7 rings (SSSR count). The lowest BCUT2D eigenvalue weighted by Gasteiger charge is -2.24. The zero-order chi connectivity index (χ0) is 25.8. The number of nitrogens with zero attached hydrogens (tertiary/aromatic N) is 3. The van der Waals surface area contributed by atoms with E-state index in [9.17, 15) is 4.79 Å². The molecule has 4 aromatic heterocycles. The first-order valence-corrected chi connectivity index (χ1v) is 13.7. The molecule has 1 aliphatic rings. The molecule has 1 aliphatic carbocycles. The number of carbonyl (C=O) groups excluding carboxylic acids is 1. The van der Waals surface area contributed by atoms with Crippen molar-refractivity contribution in [1.29, 1.82) is 0 Å². The minimum absolute atomic E-state index is 0.122. The van der Waals surface area contributed by atoms with Gasteiger partial charge in [0.1, 0.15) is 11.2 Å². The second-order valence-corrected chi connectivity index (χ2v) is 11.4. The standard InChI is InChI=1S/C30H26N6OS/c1-16-10-20(12-21(11-16)32-30(37)18-4-3-5-18)19-7-8-24-22(13-19)28(36-35-24)29-33-25-15-31-14-23(27(25)34-29)26-9-6-17(2)38-26/h6-15,18H,3-5H2,1-2H3,(H,32,37)(H,33,34)(H,35,36). The molecule has 1 fully saturated rings. The highest BCUT2D eigenvalue weighted by molar-refractivity contribution is 7.15. The first-order chi connectivity index (χ1) is 18.5. The van der Waals surface area contributed by atoms with Gasteiger partial charge in [0, 0.05) is 38.5 Å². The normalized spacial score (nSPS) is 13.7. The number of hydrogen-bond donors (Lipinski definition) is 3. The molecule has 1 amide bonds. The number of hydrogen-bond acceptors (Lipinski definition) is 5. The van der Waals surface area contributed by atoms with Crippen LogP contribution in [0.15, 0.2) is 60.9 Å². The van der Waals surface area contributed by atoms with Gasteiger partial charge in [-0.2, -0.15) is 5.10 Å². The number of aromatic nitrogens is 5. The van der Waals surface area contributed by atoms with Gasteiger partial charge in [0.05, 0.1) is 17.2 Å². The minimum atomic E-state index is 0.122. The third-order valence-corrected chi connectivity index (χ3v) is 8.38. The monoisotopic (exact) mass is 518 g/mol. The fourth-order valence-corrected chi connectivity index (χ4v) is 5.99. The van der Waals surface area contributed by atoms with E-state index in [0.29, 0.717) is 5.82 Å². The average Bonchev–Trinajstić information content (AvgIpc) is 3.59. The zero-order valence-corrected chi connectivity index (χ0v) is 21.9. The van der Waals surface area contributed by atoms with Crippen molar-refractivity contribution in [2.24, 2.45) is 5.92 Å². The summed E-state index contributed by atoms with van der Waals surface area (Å²) in [6.45, 7) is 4.16. The summed E-state index contributed by atoms with van der Waals surface area (Å²) in [7, 11) is 0. The summed E-state index contributed by atoms with van der Waals surface area (Å²) in [4.78, 5) is 27.8. The number of nitrogens with one attached hydrogen (secondary N) is 3. The number of benzene rings is 2. The maximum atomic E-state index is 12.5. The van der Waals surface area contributed by atoms with Gasteiger partial charge in [0.15, 0.2) is 5.82 Å². The van der Waals surface area contributed by atoms with Crippen LogP contribution in [0.4, 0.5) is 5.69 Å². The molecule has 1 saturated carbocycles. The van der Waals surface area contributed by atoms with Crippen LogP contribution in [-0.4, -0.2) is 31.1 Å². The SMILES string of the molecule is Cc1cc(NC(=O)C2CCC2)cc(-c2ccc3[nH]nc(-c4nc5c(-c6ccc(C)s6)cncc5[nH]4)c3c2)c1. The highest BCUT2D eigenvalue weighted by Crippen LogP contribution is 2.36. The fraction of sp³-hybridized carbons (Fsp3) is 0.200. The Hall–Kier alpha value is -4.30. The van der Waals surface area contributed by atoms with Crippen molar-refractivity contribution in [1.82, 2.24) is 25.1 Å². The molecule has 188 valence electrons. The fourth-order valence-electron chi connectivity index (χ4n) is 5.12. The Morgan fingerprint density at radius 1 is 1.00 bits per heavy atom. The van der Waals surface area contributed by atoms with Crippen LogP contribution in [0.25, 0.3) is 55.0 Å². The van der Waals surface area contributed by atoms with E-state index in [1.54, 1.807) is 11.3 Å². The van der Waals surface area contributed by atoms with Crippen molar-refractivity contribution in [2.75, 3.05) is 5.32 Å². The molecule has 2 aromatic carbocycles. The van der Waals surface area contributed by atoms with Gasteiger partial charge >= 0.3 is 0 Å². The Labute approximate surface area is 223 Å². The molecule has 0 radical (unpaired) electrons.